The first-order chi connectivity index (χ1) is 16.6. The lowest BCUT2D eigenvalue weighted by Crippen LogP contribution is -2.49. The molecule has 1 aliphatic rings. The first-order valence-electron chi connectivity index (χ1n) is 11.8. The van der Waals surface area contributed by atoms with Crippen LogP contribution in [0.4, 0.5) is 4.39 Å². The smallest absolute Gasteiger partial charge is 0.230 e. The molecule has 3 heterocycles. The fourth-order valence-electron chi connectivity index (χ4n) is 4.79. The Bertz CT molecular complexity index is 1260. The largest absolute Gasteiger partial charge is 0.361 e. The van der Waals surface area contributed by atoms with Crippen molar-refractivity contribution in [1.82, 2.24) is 29.5 Å². The summed E-state index contributed by atoms with van der Waals surface area (Å²) >= 11 is 0. The normalized spacial score (nSPS) is 15.6. The Labute approximate surface area is 198 Å². The van der Waals surface area contributed by atoms with Gasteiger partial charge in [-0.1, -0.05) is 18.2 Å². The van der Waals surface area contributed by atoms with E-state index in [2.05, 4.69) is 44.5 Å². The Morgan fingerprint density at radius 2 is 1.85 bits per heavy atom. The maximum atomic E-state index is 14.1. The molecule has 0 bridgehead atoms. The van der Waals surface area contributed by atoms with E-state index < -0.39 is 5.92 Å². The third kappa shape index (κ3) is 4.59. The van der Waals surface area contributed by atoms with Crippen LogP contribution < -0.4 is 0 Å². The number of nitrogens with zero attached hydrogens (tertiary/aromatic N) is 5. The van der Waals surface area contributed by atoms with Gasteiger partial charge in [-0.3, -0.25) is 14.3 Å². The molecule has 2 aromatic heterocycles. The summed E-state index contributed by atoms with van der Waals surface area (Å²) in [5.41, 5.74) is 3.95. The number of nitrogens with one attached hydrogen (secondary N) is 1. The van der Waals surface area contributed by atoms with Crippen LogP contribution in [0.25, 0.3) is 16.6 Å². The molecule has 0 unspecified atom stereocenters. The monoisotopic (exact) mass is 460 g/mol. The van der Waals surface area contributed by atoms with Gasteiger partial charge in [-0.05, 0) is 61.7 Å². The van der Waals surface area contributed by atoms with Crippen LogP contribution in [0.15, 0.2) is 61.3 Å². The average Bonchev–Trinajstić information content (AvgIpc) is 3.54. The van der Waals surface area contributed by atoms with E-state index in [4.69, 9.17) is 0 Å². The summed E-state index contributed by atoms with van der Waals surface area (Å²) in [5.74, 6) is -0.766. The van der Waals surface area contributed by atoms with Crippen LogP contribution >= 0.6 is 0 Å². The predicted molar refractivity (Wildman–Crippen MR) is 129 cm³/mol. The van der Waals surface area contributed by atoms with Crippen LogP contribution in [-0.4, -0.2) is 68.2 Å². The number of aromatic nitrogens is 4. The molecule has 1 fully saturated rings. The van der Waals surface area contributed by atoms with E-state index in [0.29, 0.717) is 18.7 Å². The van der Waals surface area contributed by atoms with Crippen LogP contribution in [0.2, 0.25) is 0 Å². The predicted octanol–water partition coefficient (Wildman–Crippen LogP) is 3.77. The molecule has 7 nitrogen and oxygen atoms in total. The number of carbonyl (C=O) groups is 1. The summed E-state index contributed by atoms with van der Waals surface area (Å²) in [6.07, 6.45) is 7.53. The topological polar surface area (TPSA) is 70.1 Å². The Hall–Kier alpha value is -3.52. The molecule has 1 N–H and O–H groups in total. The number of benzene rings is 2. The highest BCUT2D eigenvalue weighted by molar-refractivity contribution is 5.85. The third-order valence-electron chi connectivity index (χ3n) is 6.81. The van der Waals surface area contributed by atoms with Gasteiger partial charge < -0.3 is 9.88 Å². The molecule has 2 aromatic carbocycles. The fourth-order valence-corrected chi connectivity index (χ4v) is 4.79. The summed E-state index contributed by atoms with van der Waals surface area (Å²) in [6, 6.07) is 12.9. The second-order valence-corrected chi connectivity index (χ2v) is 8.93. The summed E-state index contributed by atoms with van der Waals surface area (Å²) in [5, 5.41) is 9.01. The second-order valence-electron chi connectivity index (χ2n) is 8.93. The minimum atomic E-state index is -0.461. The molecule has 1 aliphatic heterocycles. The van der Waals surface area contributed by atoms with Crippen molar-refractivity contribution in [3.63, 3.8) is 0 Å². The van der Waals surface area contributed by atoms with Gasteiger partial charge in [0.2, 0.25) is 5.91 Å². The van der Waals surface area contributed by atoms with Crippen LogP contribution in [0, 0.1) is 5.82 Å². The molecule has 0 aliphatic carbocycles. The number of hydrogen-bond acceptors (Lipinski definition) is 4. The Morgan fingerprint density at radius 3 is 2.62 bits per heavy atom. The standard InChI is InChI=1S/C26H29FN6O/c1-19(22-6-2-3-7-24(22)27)26(34)32-13-11-31(12-14-32)10-4-5-20-16-28-25-9-8-21(15-23(20)25)33-17-29-30-18-33/h2-3,6-9,15-19,28H,4-5,10-14H2,1H3/t19-/m0/s1. The Balaban J connectivity index is 1.13. The van der Waals surface area contributed by atoms with Gasteiger partial charge in [-0.2, -0.15) is 0 Å². The molecule has 1 amide bonds. The second kappa shape index (κ2) is 9.77. The zero-order valence-corrected chi connectivity index (χ0v) is 19.3. The number of halogens is 1. The van der Waals surface area contributed by atoms with E-state index in [1.54, 1.807) is 37.8 Å². The average molecular weight is 461 g/mol. The minimum absolute atomic E-state index is 0.00689. The number of rotatable bonds is 7. The van der Waals surface area contributed by atoms with Crippen LogP contribution in [0.5, 0.6) is 0 Å². The van der Waals surface area contributed by atoms with Gasteiger partial charge in [-0.15, -0.1) is 10.2 Å². The lowest BCUT2D eigenvalue weighted by molar-refractivity contribution is -0.134. The molecule has 176 valence electrons. The van der Waals surface area contributed by atoms with Gasteiger partial charge in [0.15, 0.2) is 0 Å². The number of fused-ring (bicyclic) bond motifs is 1. The molecule has 0 spiro atoms. The van der Waals surface area contributed by atoms with Crippen molar-refractivity contribution < 1.29 is 9.18 Å². The Kier molecular flexibility index (Phi) is 6.40. The summed E-state index contributed by atoms with van der Waals surface area (Å²) in [6.45, 7) is 5.86. The zero-order valence-electron chi connectivity index (χ0n) is 19.3. The van der Waals surface area contributed by atoms with Gasteiger partial charge in [0.1, 0.15) is 18.5 Å². The number of amides is 1. The van der Waals surface area contributed by atoms with Gasteiger partial charge in [0.05, 0.1) is 5.92 Å². The first kappa shape index (κ1) is 22.3. The number of aryl methyl sites for hydroxylation is 1. The zero-order chi connectivity index (χ0) is 23.5. The molecule has 8 heteroatoms. The van der Waals surface area contributed by atoms with E-state index in [1.165, 1.54) is 17.0 Å². The molecular weight excluding hydrogens is 431 g/mol. The van der Waals surface area contributed by atoms with Crippen molar-refractivity contribution in [1.29, 1.82) is 0 Å². The van der Waals surface area contributed by atoms with Crippen molar-refractivity contribution in [2.45, 2.75) is 25.7 Å². The van der Waals surface area contributed by atoms with E-state index in [9.17, 15) is 9.18 Å². The lowest BCUT2D eigenvalue weighted by Gasteiger charge is -2.36. The van der Waals surface area contributed by atoms with Gasteiger partial charge in [0, 0.05) is 49.0 Å². The number of carbonyl (C=O) groups excluding carboxylic acids is 1. The van der Waals surface area contributed by atoms with Crippen LogP contribution in [0.3, 0.4) is 0 Å². The van der Waals surface area contributed by atoms with Crippen LogP contribution in [-0.2, 0) is 11.2 Å². The minimum Gasteiger partial charge on any atom is -0.361 e. The third-order valence-corrected chi connectivity index (χ3v) is 6.81. The summed E-state index contributed by atoms with van der Waals surface area (Å²) in [4.78, 5) is 20.5. The maximum Gasteiger partial charge on any atom is 0.230 e. The van der Waals surface area contributed by atoms with Crippen molar-refractivity contribution in [2.75, 3.05) is 32.7 Å². The van der Waals surface area contributed by atoms with Gasteiger partial charge in [-0.25, -0.2) is 4.39 Å². The van der Waals surface area contributed by atoms with Crippen molar-refractivity contribution in [3.05, 3.63) is 78.3 Å². The fraction of sp³-hybridized carbons (Fsp3) is 0.346. The highest BCUT2D eigenvalue weighted by Gasteiger charge is 2.27. The molecule has 1 saturated heterocycles. The van der Waals surface area contributed by atoms with Gasteiger partial charge in [0.25, 0.3) is 0 Å². The maximum absolute atomic E-state index is 14.1. The number of piperazine rings is 1. The van der Waals surface area contributed by atoms with Crippen molar-refractivity contribution >= 4 is 16.8 Å². The van der Waals surface area contributed by atoms with Crippen molar-refractivity contribution in [3.8, 4) is 5.69 Å². The molecular formula is C26H29FN6O. The number of aromatic amines is 1. The van der Waals surface area contributed by atoms with E-state index in [1.807, 2.05) is 9.47 Å². The van der Waals surface area contributed by atoms with E-state index >= 15 is 0 Å². The lowest BCUT2D eigenvalue weighted by atomic mass is 9.98. The summed E-state index contributed by atoms with van der Waals surface area (Å²) in [7, 11) is 0. The SMILES string of the molecule is C[C@H](C(=O)N1CCN(CCCc2c[nH]c3ccc(-n4cnnc4)cc23)CC1)c1ccccc1F. The quantitative estimate of drug-likeness (QED) is 0.456. The molecule has 4 aromatic rings. The van der Waals surface area contributed by atoms with Gasteiger partial charge >= 0.3 is 0 Å². The first-order valence-corrected chi connectivity index (χ1v) is 11.8. The summed E-state index contributed by atoms with van der Waals surface area (Å²) < 4.78 is 16.0. The highest BCUT2D eigenvalue weighted by atomic mass is 19.1. The van der Waals surface area contributed by atoms with Crippen molar-refractivity contribution in [2.24, 2.45) is 0 Å². The molecule has 1 atom stereocenters. The highest BCUT2D eigenvalue weighted by Crippen LogP contribution is 2.24. The number of hydrogen-bond donors (Lipinski definition) is 1. The molecule has 34 heavy (non-hydrogen) atoms. The van der Waals surface area contributed by atoms with E-state index in [0.717, 1.165) is 43.7 Å². The van der Waals surface area contributed by atoms with Crippen LogP contribution in [0.1, 0.15) is 30.4 Å². The molecule has 0 radical (unpaired) electrons. The Morgan fingerprint density at radius 1 is 1.09 bits per heavy atom. The van der Waals surface area contributed by atoms with E-state index in [-0.39, 0.29) is 11.7 Å². The number of H-pyrrole nitrogens is 1. The molecule has 5 rings (SSSR count). The molecule has 0 saturated carbocycles.